The Kier molecular flexibility index (Phi) is 23.3. The van der Waals surface area contributed by atoms with Crippen LogP contribution >= 0.6 is 11.6 Å². The Bertz CT molecular complexity index is 2880. The molecule has 21 nitrogen and oxygen atoms in total. The highest BCUT2D eigenvalue weighted by molar-refractivity contribution is 6.19. The molecule has 22 heteroatoms. The number of carbonyl (C=O) groups is 6. The Morgan fingerprint density at radius 2 is 1.61 bits per heavy atom. The van der Waals surface area contributed by atoms with Crippen LogP contribution in [0.1, 0.15) is 106 Å². The Morgan fingerprint density at radius 1 is 0.855 bits per heavy atom. The van der Waals surface area contributed by atoms with Gasteiger partial charge in [-0.2, -0.15) is 0 Å². The van der Waals surface area contributed by atoms with Crippen molar-refractivity contribution in [3.05, 3.63) is 96.1 Å². The first-order valence-corrected chi connectivity index (χ1v) is 29.1. The zero-order valence-corrected chi connectivity index (χ0v) is 49.2. The second-order valence-electron chi connectivity index (χ2n) is 22.0. The van der Waals surface area contributed by atoms with Crippen LogP contribution in [0.15, 0.2) is 79.4 Å². The molecule has 0 unspecified atom stereocenters. The summed E-state index contributed by atoms with van der Waals surface area (Å²) in [6, 6.07) is 19.1. The molecule has 3 aliphatic heterocycles. The monoisotopic (exact) mass is 1170 g/mol. The highest BCUT2D eigenvalue weighted by Crippen LogP contribution is 2.46. The SMILES string of the molecule is C=CCOC(=O)N[C@H](CCCCNC(=O)OC(C)(C)C)CNc1ccc(COC(=O)Nc2cc(OCCCCCC(=O)N3C[C@@H](CCl)c4c3cc(OC(=O)N3CCN(C)CC3)c3ccccc43)c(OC)cc2C(=O)N2CCC[C@H]2CO)cc1. The molecule has 7 rings (SSSR count). The maximum absolute atomic E-state index is 14.1. The van der Waals surface area contributed by atoms with E-state index in [2.05, 4.69) is 32.7 Å². The number of hydrogen-bond donors (Lipinski definition) is 5. The molecule has 3 aliphatic rings. The number of aliphatic hydroxyl groups excluding tert-OH is 1. The molecule has 83 heavy (non-hydrogen) atoms. The van der Waals surface area contributed by atoms with Gasteiger partial charge in [0.1, 0.15) is 24.6 Å². The van der Waals surface area contributed by atoms with Gasteiger partial charge in [-0.3, -0.25) is 14.9 Å². The number of halogens is 1. The van der Waals surface area contributed by atoms with Crippen molar-refractivity contribution in [3.8, 4) is 17.2 Å². The van der Waals surface area contributed by atoms with Gasteiger partial charge < -0.3 is 69.1 Å². The minimum atomic E-state index is -0.824. The molecule has 0 aliphatic carbocycles. The lowest BCUT2D eigenvalue weighted by molar-refractivity contribution is -0.118. The Labute approximate surface area is 491 Å². The maximum atomic E-state index is 14.1. The van der Waals surface area contributed by atoms with Gasteiger partial charge in [-0.1, -0.05) is 49.1 Å². The smallest absolute Gasteiger partial charge is 0.415 e. The van der Waals surface area contributed by atoms with Crippen LogP contribution in [0.2, 0.25) is 0 Å². The minimum absolute atomic E-state index is 0.0645. The van der Waals surface area contributed by atoms with E-state index in [1.165, 1.54) is 25.3 Å². The average Bonchev–Trinajstić information content (AvgIpc) is 2.73. The first-order chi connectivity index (χ1) is 40.0. The summed E-state index contributed by atoms with van der Waals surface area (Å²) in [4.78, 5) is 86.7. The lowest BCUT2D eigenvalue weighted by Crippen LogP contribution is -2.48. The van der Waals surface area contributed by atoms with Crippen molar-refractivity contribution < 1.29 is 62.3 Å². The number of piperazine rings is 1. The molecule has 2 fully saturated rings. The highest BCUT2D eigenvalue weighted by atomic mass is 35.5. The van der Waals surface area contributed by atoms with Crippen molar-refractivity contribution in [2.45, 2.75) is 109 Å². The number of nitrogens with one attached hydrogen (secondary N) is 4. The summed E-state index contributed by atoms with van der Waals surface area (Å²) in [7, 11) is 3.48. The third-order valence-electron chi connectivity index (χ3n) is 14.7. The maximum Gasteiger partial charge on any atom is 0.415 e. The van der Waals surface area contributed by atoms with E-state index in [1.54, 1.807) is 53.7 Å². The van der Waals surface area contributed by atoms with E-state index >= 15 is 0 Å². The van der Waals surface area contributed by atoms with Crippen molar-refractivity contribution in [2.24, 2.45) is 0 Å². The zero-order chi connectivity index (χ0) is 59.5. The standard InChI is InChI=1S/C61H81ClN8O13/c1-7-31-80-58(75)65-44(16-12-13-25-63-57(74)83-61(2,3)4)37-64-43-23-21-41(22-24-43)40-81-59(76)66-49-34-53(52(78-6)33-48(49)56(73)69-26-15-17-45(69)39-71)79-32-14-8-9-20-54(72)70-38-42(36-62)55-47-19-11-10-18-46(47)51(35-50(55)70)82-60(77)68-29-27-67(5)28-30-68/h7,10-11,18-19,21-24,33-35,42,44-45,64,71H,1,8-9,12-17,20,25-32,36-40H2,2-6H3,(H,63,74)(H,65,75)(H,66,76)/t42-,44-,45+/m1/s1. The predicted octanol–water partition coefficient (Wildman–Crippen LogP) is 9.64. The van der Waals surface area contributed by atoms with Crippen molar-refractivity contribution in [3.63, 3.8) is 0 Å². The number of nitrogens with zero attached hydrogens (tertiary/aromatic N) is 4. The number of likely N-dealkylation sites (N-methyl/N-ethyl adjacent to an activating group) is 1. The molecule has 0 spiro atoms. The van der Waals surface area contributed by atoms with Crippen molar-refractivity contribution in [1.82, 2.24) is 25.3 Å². The van der Waals surface area contributed by atoms with Crippen LogP contribution in [0.4, 0.5) is 36.2 Å². The molecule has 5 N–H and O–H groups in total. The lowest BCUT2D eigenvalue weighted by atomic mass is 9.95. The number of alkyl carbamates (subject to hydrolysis) is 2. The van der Waals surface area contributed by atoms with Gasteiger partial charge in [0.15, 0.2) is 11.5 Å². The molecule has 0 saturated carbocycles. The fraction of sp³-hybridized carbons (Fsp3) is 0.508. The second-order valence-corrected chi connectivity index (χ2v) is 22.3. The first kappa shape index (κ1) is 63.1. The summed E-state index contributed by atoms with van der Waals surface area (Å²) in [6.07, 6.45) is 4.52. The van der Waals surface area contributed by atoms with Crippen LogP contribution in [0.25, 0.3) is 10.8 Å². The number of ether oxygens (including phenoxy) is 6. The van der Waals surface area contributed by atoms with E-state index in [4.69, 9.17) is 40.0 Å². The van der Waals surface area contributed by atoms with Crippen LogP contribution in [0.5, 0.6) is 17.2 Å². The number of amides is 6. The zero-order valence-electron chi connectivity index (χ0n) is 48.4. The Hall–Kier alpha value is -7.49. The van der Waals surface area contributed by atoms with Crippen LogP contribution in [-0.4, -0.2) is 166 Å². The molecular formula is C61H81ClN8O13. The normalized spacial score (nSPS) is 16.3. The number of fused-ring (bicyclic) bond motifs is 3. The number of anilines is 3. The summed E-state index contributed by atoms with van der Waals surface area (Å²) < 4.78 is 34.1. The molecule has 0 aromatic heterocycles. The van der Waals surface area contributed by atoms with Crippen LogP contribution < -0.4 is 40.4 Å². The van der Waals surface area contributed by atoms with E-state index in [0.717, 1.165) is 35.1 Å². The molecule has 6 amide bonds. The van der Waals surface area contributed by atoms with E-state index < -0.39 is 35.9 Å². The fourth-order valence-electron chi connectivity index (χ4n) is 10.3. The Balaban J connectivity index is 0.934. The topological polar surface area (TPSA) is 239 Å². The number of alkyl halides is 1. The molecule has 3 atom stereocenters. The molecule has 4 aromatic rings. The van der Waals surface area contributed by atoms with Crippen molar-refractivity contribution in [1.29, 1.82) is 0 Å². The fourth-order valence-corrected chi connectivity index (χ4v) is 10.5. The predicted molar refractivity (Wildman–Crippen MR) is 318 cm³/mol. The molecule has 0 radical (unpaired) electrons. The van der Waals surface area contributed by atoms with Gasteiger partial charge in [0.2, 0.25) is 5.91 Å². The van der Waals surface area contributed by atoms with Gasteiger partial charge >= 0.3 is 24.4 Å². The van der Waals surface area contributed by atoms with Crippen molar-refractivity contribution in [2.75, 3.05) is 108 Å². The molecule has 3 heterocycles. The summed E-state index contributed by atoms with van der Waals surface area (Å²) in [6.45, 7) is 13.2. The van der Waals surface area contributed by atoms with Crippen LogP contribution in [0.3, 0.4) is 0 Å². The third kappa shape index (κ3) is 18.0. The molecule has 450 valence electrons. The number of hydrogen-bond acceptors (Lipinski definition) is 15. The van der Waals surface area contributed by atoms with E-state index in [9.17, 15) is 33.9 Å². The van der Waals surface area contributed by atoms with Gasteiger partial charge in [-0.25, -0.2) is 19.2 Å². The van der Waals surface area contributed by atoms with Crippen LogP contribution in [-0.2, 0) is 25.6 Å². The van der Waals surface area contributed by atoms with Gasteiger partial charge in [0.25, 0.3) is 5.91 Å². The summed E-state index contributed by atoms with van der Waals surface area (Å²) in [5, 5.41) is 23.5. The van der Waals surface area contributed by atoms with Crippen molar-refractivity contribution >= 4 is 75.6 Å². The molecular weight excluding hydrogens is 1090 g/mol. The largest absolute Gasteiger partial charge is 0.493 e. The average molecular weight is 1170 g/mol. The molecule has 4 aromatic carbocycles. The van der Waals surface area contributed by atoms with Gasteiger partial charge in [0.05, 0.1) is 43.3 Å². The van der Waals surface area contributed by atoms with E-state index in [1.807, 2.05) is 43.4 Å². The van der Waals surface area contributed by atoms with Crippen LogP contribution in [0, 0.1) is 0 Å². The number of methoxy groups -OCH3 is 1. The number of aliphatic hydroxyl groups is 1. The third-order valence-corrected chi connectivity index (χ3v) is 15.0. The number of benzene rings is 4. The van der Waals surface area contributed by atoms with E-state index in [0.29, 0.717) is 114 Å². The van der Waals surface area contributed by atoms with Gasteiger partial charge in [0, 0.05) is 99.8 Å². The highest BCUT2D eigenvalue weighted by Gasteiger charge is 2.36. The summed E-state index contributed by atoms with van der Waals surface area (Å²) in [5.41, 5.74) is 2.76. The number of likely N-dealkylation sites (tertiary alicyclic amines) is 1. The molecule has 0 bridgehead atoms. The minimum Gasteiger partial charge on any atom is -0.493 e. The second kappa shape index (κ2) is 30.7. The summed E-state index contributed by atoms with van der Waals surface area (Å²) >= 11 is 6.55. The van der Waals surface area contributed by atoms with Gasteiger partial charge in [-0.05, 0) is 114 Å². The first-order valence-electron chi connectivity index (χ1n) is 28.6. The summed E-state index contributed by atoms with van der Waals surface area (Å²) in [5.74, 6) is 0.683. The number of rotatable bonds is 26. The Morgan fingerprint density at radius 3 is 2.33 bits per heavy atom. The van der Waals surface area contributed by atoms with E-state index in [-0.39, 0.29) is 79.5 Å². The lowest BCUT2D eigenvalue weighted by Gasteiger charge is -2.31. The quantitative estimate of drug-likeness (QED) is 0.0170. The number of unbranched alkanes of at least 4 members (excludes halogenated alkanes) is 3. The number of carbonyl (C=O) groups excluding carboxylic acids is 6. The molecule has 2 saturated heterocycles. The van der Waals surface area contributed by atoms with Gasteiger partial charge in [-0.15, -0.1) is 11.6 Å².